The summed E-state index contributed by atoms with van der Waals surface area (Å²) in [5, 5.41) is 8.89. The van der Waals surface area contributed by atoms with Gasteiger partial charge in [0.15, 0.2) is 0 Å². The summed E-state index contributed by atoms with van der Waals surface area (Å²) in [7, 11) is -3.63. The second-order valence-electron chi connectivity index (χ2n) is 5.59. The first-order chi connectivity index (χ1) is 9.79. The van der Waals surface area contributed by atoms with Gasteiger partial charge in [-0.25, -0.2) is 17.9 Å². The minimum Gasteiger partial charge on any atom is -0.478 e. The number of hydrogen-bond acceptors (Lipinski definition) is 3. The first-order valence-electron chi connectivity index (χ1n) is 6.82. The summed E-state index contributed by atoms with van der Waals surface area (Å²) >= 11 is 3.13. The molecule has 1 aromatic rings. The third kappa shape index (κ3) is 4.05. The third-order valence-corrected chi connectivity index (χ3v) is 6.23. The Balaban J connectivity index is 2.10. The molecule has 0 amide bonds. The summed E-state index contributed by atoms with van der Waals surface area (Å²) < 4.78 is 27.4. The number of carboxylic acids is 1. The van der Waals surface area contributed by atoms with Crippen LogP contribution in [0.3, 0.4) is 0 Å². The molecule has 0 radical (unpaired) electrons. The molecule has 0 aromatic heterocycles. The Hall–Kier alpha value is -0.920. The predicted octanol–water partition coefficient (Wildman–Crippen LogP) is 2.86. The average molecular weight is 376 g/mol. The molecule has 7 heteroatoms. The molecule has 1 saturated carbocycles. The first-order valence-corrected chi connectivity index (χ1v) is 9.09. The highest BCUT2D eigenvalue weighted by Gasteiger charge is 2.24. The monoisotopic (exact) mass is 375 g/mol. The molecule has 0 saturated heterocycles. The number of carboxylic acid groups (broad SMARTS) is 1. The van der Waals surface area contributed by atoms with Crippen molar-refractivity contribution >= 4 is 31.9 Å². The van der Waals surface area contributed by atoms with E-state index in [1.165, 1.54) is 18.2 Å². The number of hydrogen-bond donors (Lipinski definition) is 2. The Kier molecular flexibility index (Phi) is 5.06. The Morgan fingerprint density at radius 2 is 2.14 bits per heavy atom. The maximum atomic E-state index is 12.3. The standard InChI is InChI=1S/C14H18BrNO4S/c1-9-2-3-10(6-9)8-16-21(19,20)13-5-4-11(14(17)18)7-12(13)15/h4-5,7,9-10,16H,2-3,6,8H2,1H3,(H,17,18). The molecule has 0 heterocycles. The number of carbonyl (C=O) groups is 1. The summed E-state index contributed by atoms with van der Waals surface area (Å²) in [6, 6.07) is 3.90. The fraction of sp³-hybridized carbons (Fsp3) is 0.500. The van der Waals surface area contributed by atoms with Crippen LogP contribution in [0.5, 0.6) is 0 Å². The molecule has 0 spiro atoms. The molecule has 21 heavy (non-hydrogen) atoms. The van der Waals surface area contributed by atoms with Crippen molar-refractivity contribution in [3.8, 4) is 0 Å². The van der Waals surface area contributed by atoms with Crippen LogP contribution in [0.25, 0.3) is 0 Å². The maximum absolute atomic E-state index is 12.3. The fourth-order valence-electron chi connectivity index (χ4n) is 2.67. The van der Waals surface area contributed by atoms with Crippen LogP contribution in [0.15, 0.2) is 27.6 Å². The average Bonchev–Trinajstić information content (AvgIpc) is 2.82. The Morgan fingerprint density at radius 3 is 2.67 bits per heavy atom. The molecule has 116 valence electrons. The van der Waals surface area contributed by atoms with Gasteiger partial charge in [0.25, 0.3) is 0 Å². The predicted molar refractivity (Wildman–Crippen MR) is 82.8 cm³/mol. The van der Waals surface area contributed by atoms with E-state index >= 15 is 0 Å². The maximum Gasteiger partial charge on any atom is 0.335 e. The van der Waals surface area contributed by atoms with Gasteiger partial charge in [0.05, 0.1) is 10.5 Å². The van der Waals surface area contributed by atoms with Gasteiger partial charge in [0.1, 0.15) is 0 Å². The van der Waals surface area contributed by atoms with Crippen LogP contribution in [0.2, 0.25) is 0 Å². The first kappa shape index (κ1) is 16.5. The highest BCUT2D eigenvalue weighted by Crippen LogP contribution is 2.30. The minimum atomic E-state index is -3.63. The zero-order chi connectivity index (χ0) is 15.6. The molecule has 2 atom stereocenters. The summed E-state index contributed by atoms with van der Waals surface area (Å²) in [6.07, 6.45) is 3.23. The van der Waals surface area contributed by atoms with Crippen molar-refractivity contribution in [3.05, 3.63) is 28.2 Å². The number of nitrogens with one attached hydrogen (secondary N) is 1. The lowest BCUT2D eigenvalue weighted by molar-refractivity contribution is 0.0696. The highest BCUT2D eigenvalue weighted by atomic mass is 79.9. The molecule has 1 aromatic carbocycles. The highest BCUT2D eigenvalue weighted by molar-refractivity contribution is 9.10. The molecule has 2 rings (SSSR count). The minimum absolute atomic E-state index is 0.0467. The topological polar surface area (TPSA) is 83.5 Å². The lowest BCUT2D eigenvalue weighted by Crippen LogP contribution is -2.29. The lowest BCUT2D eigenvalue weighted by Gasteiger charge is -2.13. The molecule has 2 N–H and O–H groups in total. The molecular weight excluding hydrogens is 358 g/mol. The van der Waals surface area contributed by atoms with Crippen molar-refractivity contribution in [2.75, 3.05) is 6.54 Å². The second-order valence-corrected chi connectivity index (χ2v) is 8.18. The van der Waals surface area contributed by atoms with Crippen LogP contribution < -0.4 is 4.72 Å². The van der Waals surface area contributed by atoms with Crippen LogP contribution >= 0.6 is 15.9 Å². The smallest absolute Gasteiger partial charge is 0.335 e. The van der Waals surface area contributed by atoms with Gasteiger partial charge in [-0.2, -0.15) is 0 Å². The van der Waals surface area contributed by atoms with Crippen LogP contribution in [-0.4, -0.2) is 26.0 Å². The van der Waals surface area contributed by atoms with Gasteiger partial charge in [-0.3, -0.25) is 0 Å². The molecule has 0 aliphatic heterocycles. The van der Waals surface area contributed by atoms with Crippen molar-refractivity contribution in [2.24, 2.45) is 11.8 Å². The van der Waals surface area contributed by atoms with Gasteiger partial charge in [0.2, 0.25) is 10.0 Å². The van der Waals surface area contributed by atoms with Crippen LogP contribution in [0.4, 0.5) is 0 Å². The molecule has 1 aliphatic carbocycles. The molecular formula is C14H18BrNO4S. The second kappa shape index (κ2) is 6.46. The largest absolute Gasteiger partial charge is 0.478 e. The summed E-state index contributed by atoms with van der Waals surface area (Å²) in [6.45, 7) is 2.61. The Morgan fingerprint density at radius 1 is 1.43 bits per heavy atom. The molecule has 1 fully saturated rings. The van der Waals surface area contributed by atoms with E-state index in [-0.39, 0.29) is 14.9 Å². The van der Waals surface area contributed by atoms with Gasteiger partial charge < -0.3 is 5.11 Å². The van der Waals surface area contributed by atoms with Crippen molar-refractivity contribution < 1.29 is 18.3 Å². The number of rotatable bonds is 5. The van der Waals surface area contributed by atoms with Gasteiger partial charge in [-0.15, -0.1) is 0 Å². The summed E-state index contributed by atoms with van der Waals surface area (Å²) in [5.74, 6) is -0.0551. The van der Waals surface area contributed by atoms with Crippen LogP contribution in [0, 0.1) is 11.8 Å². The Labute approximate surface area is 132 Å². The van der Waals surface area contributed by atoms with E-state index in [0.717, 1.165) is 19.3 Å². The summed E-state index contributed by atoms with van der Waals surface area (Å²) in [4.78, 5) is 10.9. The van der Waals surface area contributed by atoms with E-state index in [2.05, 4.69) is 27.6 Å². The van der Waals surface area contributed by atoms with Gasteiger partial charge in [-0.1, -0.05) is 13.3 Å². The number of aromatic carboxylic acids is 1. The van der Waals surface area contributed by atoms with E-state index in [4.69, 9.17) is 5.11 Å². The van der Waals surface area contributed by atoms with E-state index < -0.39 is 16.0 Å². The SMILES string of the molecule is CC1CCC(CNS(=O)(=O)c2ccc(C(=O)O)cc2Br)C1. The van der Waals surface area contributed by atoms with Crippen molar-refractivity contribution in [1.82, 2.24) is 4.72 Å². The van der Waals surface area contributed by atoms with Crippen molar-refractivity contribution in [1.29, 1.82) is 0 Å². The molecule has 0 bridgehead atoms. The lowest BCUT2D eigenvalue weighted by atomic mass is 10.1. The fourth-order valence-corrected chi connectivity index (χ4v) is 4.86. The van der Waals surface area contributed by atoms with Gasteiger partial charge >= 0.3 is 5.97 Å². The zero-order valence-corrected chi connectivity index (χ0v) is 14.1. The Bertz CT molecular complexity index is 644. The molecule has 2 unspecified atom stereocenters. The quantitative estimate of drug-likeness (QED) is 0.828. The number of sulfonamides is 1. The summed E-state index contributed by atoms with van der Waals surface area (Å²) in [5.41, 5.74) is 0.0467. The van der Waals surface area contributed by atoms with Crippen LogP contribution in [-0.2, 0) is 10.0 Å². The molecule has 5 nitrogen and oxygen atoms in total. The van der Waals surface area contributed by atoms with E-state index in [1.807, 2.05) is 0 Å². The van der Waals surface area contributed by atoms with Crippen LogP contribution in [0.1, 0.15) is 36.5 Å². The molecule has 1 aliphatic rings. The van der Waals surface area contributed by atoms with E-state index in [9.17, 15) is 13.2 Å². The zero-order valence-electron chi connectivity index (χ0n) is 11.7. The normalized spacial score (nSPS) is 22.4. The number of benzene rings is 1. The van der Waals surface area contributed by atoms with E-state index in [1.54, 1.807) is 0 Å². The van der Waals surface area contributed by atoms with Crippen molar-refractivity contribution in [3.63, 3.8) is 0 Å². The van der Waals surface area contributed by atoms with Gasteiger partial charge in [-0.05, 0) is 58.8 Å². The van der Waals surface area contributed by atoms with Crippen molar-refractivity contribution in [2.45, 2.75) is 31.1 Å². The third-order valence-electron chi connectivity index (χ3n) is 3.83. The van der Waals surface area contributed by atoms with E-state index in [0.29, 0.717) is 18.4 Å². The van der Waals surface area contributed by atoms with Gasteiger partial charge in [0, 0.05) is 11.0 Å². The number of halogens is 1.